The maximum absolute atomic E-state index is 11.7. The second-order valence-corrected chi connectivity index (χ2v) is 6.73. The van der Waals surface area contributed by atoms with Gasteiger partial charge in [-0.25, -0.2) is 13.2 Å². The summed E-state index contributed by atoms with van der Waals surface area (Å²) in [5, 5.41) is 8.56. The van der Waals surface area contributed by atoms with E-state index >= 15 is 0 Å². The number of carbonyl (C=O) groups excluding carboxylic acids is 1. The standard InChI is InChI=1S/C11H13N3O3S/c15-11-13-8-4-2-1-3-7(8)12-9-5-18(16,17)6-10(9)14-11/h1-4,9-10,12H,5-6H2,(H2,13,14,15)/t9-,10-/m1/s1. The molecular weight excluding hydrogens is 254 g/mol. The van der Waals surface area contributed by atoms with Crippen molar-refractivity contribution in [3.8, 4) is 0 Å². The first-order valence-electron chi connectivity index (χ1n) is 5.67. The highest BCUT2D eigenvalue weighted by atomic mass is 32.2. The van der Waals surface area contributed by atoms with Gasteiger partial charge in [0.15, 0.2) is 9.84 Å². The van der Waals surface area contributed by atoms with Crippen LogP contribution in [0.2, 0.25) is 0 Å². The van der Waals surface area contributed by atoms with Gasteiger partial charge in [0.2, 0.25) is 0 Å². The maximum atomic E-state index is 11.7. The van der Waals surface area contributed by atoms with Gasteiger partial charge in [-0.1, -0.05) is 12.1 Å². The predicted octanol–water partition coefficient (Wildman–Crippen LogP) is 0.399. The molecule has 2 atom stereocenters. The molecule has 0 unspecified atom stereocenters. The minimum absolute atomic E-state index is 0.0136. The molecule has 0 aliphatic carbocycles. The zero-order valence-corrected chi connectivity index (χ0v) is 10.3. The molecule has 18 heavy (non-hydrogen) atoms. The average Bonchev–Trinajstić information content (AvgIpc) is 2.53. The van der Waals surface area contributed by atoms with Crippen LogP contribution in [-0.4, -0.2) is 38.0 Å². The molecule has 0 spiro atoms. The van der Waals surface area contributed by atoms with Gasteiger partial charge in [0.25, 0.3) is 0 Å². The van der Waals surface area contributed by atoms with Gasteiger partial charge in [0.05, 0.1) is 35.0 Å². The number of fused-ring (bicyclic) bond motifs is 2. The molecule has 6 nitrogen and oxygen atoms in total. The Morgan fingerprint density at radius 1 is 1.00 bits per heavy atom. The molecule has 3 N–H and O–H groups in total. The van der Waals surface area contributed by atoms with Gasteiger partial charge in [-0.05, 0) is 12.1 Å². The van der Waals surface area contributed by atoms with Crippen LogP contribution in [0.4, 0.5) is 16.2 Å². The van der Waals surface area contributed by atoms with E-state index in [4.69, 9.17) is 0 Å². The Bertz CT molecular complexity index is 599. The SMILES string of the molecule is O=C1Nc2ccccc2N[C@@H]2CS(=O)(=O)C[C@H]2N1. The van der Waals surface area contributed by atoms with E-state index in [1.807, 2.05) is 18.2 Å². The highest BCUT2D eigenvalue weighted by Crippen LogP contribution is 2.26. The number of rotatable bonds is 0. The number of anilines is 2. The first-order valence-corrected chi connectivity index (χ1v) is 7.49. The van der Waals surface area contributed by atoms with E-state index in [-0.39, 0.29) is 29.6 Å². The van der Waals surface area contributed by atoms with Crippen LogP contribution >= 0.6 is 0 Å². The van der Waals surface area contributed by atoms with Crippen molar-refractivity contribution in [3.63, 3.8) is 0 Å². The molecule has 1 aromatic carbocycles. The van der Waals surface area contributed by atoms with E-state index < -0.39 is 9.84 Å². The Morgan fingerprint density at radius 2 is 1.61 bits per heavy atom. The smallest absolute Gasteiger partial charge is 0.319 e. The summed E-state index contributed by atoms with van der Waals surface area (Å²) in [4.78, 5) is 11.7. The Labute approximate surface area is 105 Å². The monoisotopic (exact) mass is 267 g/mol. The van der Waals surface area contributed by atoms with Crippen molar-refractivity contribution in [2.75, 3.05) is 22.1 Å². The van der Waals surface area contributed by atoms with E-state index in [2.05, 4.69) is 16.0 Å². The number of amides is 2. The van der Waals surface area contributed by atoms with Gasteiger partial charge < -0.3 is 16.0 Å². The van der Waals surface area contributed by atoms with Crippen LogP contribution in [0.1, 0.15) is 0 Å². The van der Waals surface area contributed by atoms with E-state index in [9.17, 15) is 13.2 Å². The number of nitrogens with one attached hydrogen (secondary N) is 3. The van der Waals surface area contributed by atoms with Crippen LogP contribution in [0.15, 0.2) is 24.3 Å². The normalized spacial score (nSPS) is 28.8. The lowest BCUT2D eigenvalue weighted by Crippen LogP contribution is -2.49. The molecule has 0 radical (unpaired) electrons. The molecule has 1 fully saturated rings. The summed E-state index contributed by atoms with van der Waals surface area (Å²) < 4.78 is 23.3. The predicted molar refractivity (Wildman–Crippen MR) is 68.4 cm³/mol. The quantitative estimate of drug-likeness (QED) is 0.635. The number of hydrogen-bond donors (Lipinski definition) is 3. The molecule has 2 aliphatic heterocycles. The van der Waals surface area contributed by atoms with Crippen LogP contribution in [0.25, 0.3) is 0 Å². The summed E-state index contributed by atoms with van der Waals surface area (Å²) in [6.07, 6.45) is 0. The number of carbonyl (C=O) groups is 1. The second kappa shape index (κ2) is 3.88. The summed E-state index contributed by atoms with van der Waals surface area (Å²) >= 11 is 0. The Hall–Kier alpha value is -1.76. The van der Waals surface area contributed by atoms with Crippen LogP contribution in [0, 0.1) is 0 Å². The van der Waals surface area contributed by atoms with Crippen molar-refractivity contribution in [2.45, 2.75) is 12.1 Å². The summed E-state index contributed by atoms with van der Waals surface area (Å²) in [6, 6.07) is 6.22. The second-order valence-electron chi connectivity index (χ2n) is 4.58. The Kier molecular flexibility index (Phi) is 2.44. The third kappa shape index (κ3) is 2.01. The lowest BCUT2D eigenvalue weighted by Gasteiger charge is -2.26. The highest BCUT2D eigenvalue weighted by Gasteiger charge is 2.39. The number of para-hydroxylation sites is 2. The molecule has 3 rings (SSSR count). The first-order chi connectivity index (χ1) is 8.53. The van der Waals surface area contributed by atoms with Crippen molar-refractivity contribution >= 4 is 27.2 Å². The lowest BCUT2D eigenvalue weighted by molar-refractivity contribution is 0.248. The van der Waals surface area contributed by atoms with Crippen LogP contribution in [0.5, 0.6) is 0 Å². The summed E-state index contributed by atoms with van der Waals surface area (Å²) in [5.74, 6) is 0.0343. The van der Waals surface area contributed by atoms with Crippen LogP contribution in [-0.2, 0) is 9.84 Å². The number of hydrogen-bond acceptors (Lipinski definition) is 4. The van der Waals surface area contributed by atoms with Crippen molar-refractivity contribution in [2.24, 2.45) is 0 Å². The van der Waals surface area contributed by atoms with Gasteiger partial charge in [0.1, 0.15) is 0 Å². The third-order valence-corrected chi connectivity index (χ3v) is 4.92. The minimum atomic E-state index is -3.09. The Morgan fingerprint density at radius 3 is 2.33 bits per heavy atom. The van der Waals surface area contributed by atoms with Gasteiger partial charge >= 0.3 is 6.03 Å². The molecular formula is C11H13N3O3S. The lowest BCUT2D eigenvalue weighted by atomic mass is 10.1. The molecule has 2 heterocycles. The molecule has 1 aromatic rings. The van der Waals surface area contributed by atoms with Gasteiger partial charge in [0, 0.05) is 0 Å². The molecule has 96 valence electrons. The molecule has 0 bridgehead atoms. The van der Waals surface area contributed by atoms with Crippen molar-refractivity contribution in [3.05, 3.63) is 24.3 Å². The zero-order valence-electron chi connectivity index (χ0n) is 9.51. The van der Waals surface area contributed by atoms with Gasteiger partial charge in [-0.3, -0.25) is 0 Å². The highest BCUT2D eigenvalue weighted by molar-refractivity contribution is 7.91. The summed E-state index contributed by atoms with van der Waals surface area (Å²) in [6.45, 7) is 0. The number of sulfone groups is 1. The van der Waals surface area contributed by atoms with Crippen LogP contribution < -0.4 is 16.0 Å². The fourth-order valence-corrected chi connectivity index (χ4v) is 4.24. The maximum Gasteiger partial charge on any atom is 0.319 e. The van der Waals surface area contributed by atoms with Crippen molar-refractivity contribution < 1.29 is 13.2 Å². The van der Waals surface area contributed by atoms with Gasteiger partial charge in [-0.15, -0.1) is 0 Å². The van der Waals surface area contributed by atoms with E-state index in [1.165, 1.54) is 0 Å². The average molecular weight is 267 g/mol. The van der Waals surface area contributed by atoms with Crippen molar-refractivity contribution in [1.29, 1.82) is 0 Å². The summed E-state index contributed by atoms with van der Waals surface area (Å²) in [7, 11) is -3.09. The zero-order chi connectivity index (χ0) is 12.8. The van der Waals surface area contributed by atoms with E-state index in [0.29, 0.717) is 5.69 Å². The van der Waals surface area contributed by atoms with Crippen molar-refractivity contribution in [1.82, 2.24) is 5.32 Å². The number of urea groups is 1. The van der Waals surface area contributed by atoms with Gasteiger partial charge in [-0.2, -0.15) is 0 Å². The fraction of sp³-hybridized carbons (Fsp3) is 0.364. The minimum Gasteiger partial charge on any atom is -0.377 e. The molecule has 7 heteroatoms. The summed E-state index contributed by atoms with van der Waals surface area (Å²) in [5.41, 5.74) is 1.40. The molecule has 2 aliphatic rings. The van der Waals surface area contributed by atoms with Crippen LogP contribution in [0.3, 0.4) is 0 Å². The number of benzene rings is 1. The molecule has 2 amide bonds. The molecule has 0 aromatic heterocycles. The van der Waals surface area contributed by atoms with E-state index in [1.54, 1.807) is 6.07 Å². The largest absolute Gasteiger partial charge is 0.377 e. The van der Waals surface area contributed by atoms with E-state index in [0.717, 1.165) is 5.69 Å². The topological polar surface area (TPSA) is 87.3 Å². The Balaban J connectivity index is 1.99. The fourth-order valence-electron chi connectivity index (χ4n) is 2.38. The first kappa shape index (κ1) is 11.3. The molecule has 1 saturated heterocycles. The third-order valence-electron chi connectivity index (χ3n) is 3.19. The molecule has 0 saturated carbocycles.